The number of nitrogens with zero attached hydrogens (tertiary/aromatic N) is 1. The third kappa shape index (κ3) is 9.49. The van der Waals surface area contributed by atoms with Crippen molar-refractivity contribution in [2.45, 2.75) is 51.7 Å². The summed E-state index contributed by atoms with van der Waals surface area (Å²) in [6.45, 7) is 4.63. The van der Waals surface area contributed by atoms with Crippen molar-refractivity contribution < 1.29 is 32.7 Å². The molecule has 3 N–H and O–H groups in total. The number of nitrogens with two attached hydrogens (primary N) is 1. The molecule has 1 amide bonds. The number of aliphatic carboxylic acids is 1. The molecule has 9 heteroatoms. The van der Waals surface area contributed by atoms with Gasteiger partial charge in [-0.25, -0.2) is 4.79 Å². The second-order valence-corrected chi connectivity index (χ2v) is 9.26. The van der Waals surface area contributed by atoms with Gasteiger partial charge in [0, 0.05) is 18.7 Å². The van der Waals surface area contributed by atoms with Gasteiger partial charge in [-0.15, -0.1) is 0 Å². The van der Waals surface area contributed by atoms with Crippen LogP contribution in [0.4, 0.5) is 18.9 Å². The van der Waals surface area contributed by atoms with Gasteiger partial charge in [-0.05, 0) is 54.4 Å². The zero-order valence-corrected chi connectivity index (χ0v) is 20.9. The molecule has 0 fully saturated rings. The summed E-state index contributed by atoms with van der Waals surface area (Å²) < 4.78 is 31.7. The molecule has 2 aromatic carbocycles. The van der Waals surface area contributed by atoms with Crippen molar-refractivity contribution in [2.75, 3.05) is 11.4 Å². The van der Waals surface area contributed by atoms with Crippen molar-refractivity contribution in [1.82, 2.24) is 0 Å². The lowest BCUT2D eigenvalue weighted by Crippen LogP contribution is -2.36. The van der Waals surface area contributed by atoms with Crippen LogP contribution in [0.3, 0.4) is 0 Å². The number of hydrogen-bond acceptors (Lipinski definition) is 4. The third-order valence-corrected chi connectivity index (χ3v) is 6.11. The van der Waals surface area contributed by atoms with Crippen molar-refractivity contribution in [3.63, 3.8) is 0 Å². The fourth-order valence-corrected chi connectivity index (χ4v) is 3.90. The molecule has 37 heavy (non-hydrogen) atoms. The highest BCUT2D eigenvalue weighted by Crippen LogP contribution is 2.28. The summed E-state index contributed by atoms with van der Waals surface area (Å²) in [5, 5.41) is 7.12. The van der Waals surface area contributed by atoms with Crippen LogP contribution in [0, 0.1) is 11.8 Å². The van der Waals surface area contributed by atoms with Gasteiger partial charge in [0.25, 0.3) is 5.91 Å². The van der Waals surface area contributed by atoms with Crippen LogP contribution < -0.4 is 10.6 Å². The van der Waals surface area contributed by atoms with Crippen molar-refractivity contribution in [1.29, 1.82) is 0 Å². The molecule has 0 bridgehead atoms. The second kappa shape index (κ2) is 13.7. The second-order valence-electron chi connectivity index (χ2n) is 9.26. The number of aryl methyl sites for hydroxylation is 1. The van der Waals surface area contributed by atoms with Gasteiger partial charge in [-0.1, -0.05) is 68.5 Å². The quantitative estimate of drug-likeness (QED) is 0.457. The maximum Gasteiger partial charge on any atom is 0.490 e. The molecule has 1 heterocycles. The van der Waals surface area contributed by atoms with E-state index in [2.05, 4.69) is 18.2 Å². The number of para-hydroxylation sites is 1. The van der Waals surface area contributed by atoms with Crippen LogP contribution in [0.5, 0.6) is 0 Å². The molecule has 2 aromatic rings. The van der Waals surface area contributed by atoms with Gasteiger partial charge in [0.15, 0.2) is 0 Å². The minimum Gasteiger partial charge on any atom is -0.475 e. The molecule has 0 saturated carbocycles. The highest BCUT2D eigenvalue weighted by molar-refractivity contribution is 6.02. The molecule has 0 unspecified atom stereocenters. The number of benzene rings is 2. The van der Waals surface area contributed by atoms with E-state index in [9.17, 15) is 22.8 Å². The Labute approximate surface area is 215 Å². The van der Waals surface area contributed by atoms with Crippen LogP contribution in [-0.4, -0.2) is 41.5 Å². The Kier molecular flexibility index (Phi) is 11.1. The summed E-state index contributed by atoms with van der Waals surface area (Å²) in [5.74, 6) is -2.62. The van der Waals surface area contributed by atoms with Crippen LogP contribution in [-0.2, 0) is 27.2 Å². The lowest BCUT2D eigenvalue weighted by atomic mass is 9.89. The topological polar surface area (TPSA) is 101 Å². The first-order valence-corrected chi connectivity index (χ1v) is 12.1. The molecule has 0 radical (unpaired) electrons. The highest BCUT2D eigenvalue weighted by Gasteiger charge is 2.38. The van der Waals surface area contributed by atoms with Gasteiger partial charge in [0.05, 0.1) is 6.04 Å². The first kappa shape index (κ1) is 29.8. The van der Waals surface area contributed by atoms with E-state index in [1.54, 1.807) is 6.08 Å². The van der Waals surface area contributed by atoms with E-state index in [1.807, 2.05) is 61.2 Å². The molecular formula is C28H33F3N2O4. The number of anilines is 1. The SMILES string of the molecule is CC(C)[C@H](N)C(=O)C[C@H](/C=C/C(=O)N1CCc2ccccc21)CCc1ccccc1.O=C(O)C(F)(F)F. The maximum absolute atomic E-state index is 12.8. The minimum atomic E-state index is -5.08. The zero-order chi connectivity index (χ0) is 27.6. The van der Waals surface area contributed by atoms with E-state index in [4.69, 9.17) is 15.6 Å². The number of fused-ring (bicyclic) bond motifs is 1. The van der Waals surface area contributed by atoms with Gasteiger partial charge in [0.2, 0.25) is 0 Å². The maximum atomic E-state index is 12.8. The molecule has 0 aromatic heterocycles. The summed E-state index contributed by atoms with van der Waals surface area (Å²) in [7, 11) is 0. The summed E-state index contributed by atoms with van der Waals surface area (Å²) in [4.78, 5) is 36.2. The van der Waals surface area contributed by atoms with Gasteiger partial charge >= 0.3 is 12.1 Å². The predicted molar refractivity (Wildman–Crippen MR) is 136 cm³/mol. The number of carbonyl (C=O) groups excluding carboxylic acids is 2. The molecular weight excluding hydrogens is 485 g/mol. The van der Waals surface area contributed by atoms with Gasteiger partial charge in [-0.2, -0.15) is 13.2 Å². The first-order valence-electron chi connectivity index (χ1n) is 12.1. The fourth-order valence-electron chi connectivity index (χ4n) is 3.90. The monoisotopic (exact) mass is 518 g/mol. The van der Waals surface area contributed by atoms with E-state index < -0.39 is 18.2 Å². The predicted octanol–water partition coefficient (Wildman–Crippen LogP) is 4.96. The molecule has 1 aliphatic heterocycles. The Balaban J connectivity index is 0.000000604. The smallest absolute Gasteiger partial charge is 0.475 e. The van der Waals surface area contributed by atoms with Gasteiger partial charge in [0.1, 0.15) is 5.78 Å². The van der Waals surface area contributed by atoms with Gasteiger partial charge < -0.3 is 15.7 Å². The van der Waals surface area contributed by atoms with Crippen molar-refractivity contribution in [2.24, 2.45) is 17.6 Å². The van der Waals surface area contributed by atoms with E-state index in [-0.39, 0.29) is 23.5 Å². The van der Waals surface area contributed by atoms with E-state index >= 15 is 0 Å². The number of Topliss-reactive ketones (excluding diaryl/α,β-unsaturated/α-hetero) is 1. The van der Waals surface area contributed by atoms with Crippen LogP contribution in [0.15, 0.2) is 66.7 Å². The fraction of sp³-hybridized carbons (Fsp3) is 0.393. The Hall–Kier alpha value is -3.46. The summed E-state index contributed by atoms with van der Waals surface area (Å²) in [5.41, 5.74) is 9.51. The lowest BCUT2D eigenvalue weighted by Gasteiger charge is -2.19. The number of carboxylic acids is 1. The molecule has 0 saturated heterocycles. The van der Waals surface area contributed by atoms with Crippen molar-refractivity contribution in [3.05, 3.63) is 77.9 Å². The number of ketones is 1. The molecule has 0 aliphatic carbocycles. The summed E-state index contributed by atoms with van der Waals surface area (Å²) in [6, 6.07) is 17.8. The third-order valence-electron chi connectivity index (χ3n) is 6.11. The van der Waals surface area contributed by atoms with E-state index in [0.717, 1.165) is 24.9 Å². The van der Waals surface area contributed by atoms with Crippen LogP contribution >= 0.6 is 0 Å². The lowest BCUT2D eigenvalue weighted by molar-refractivity contribution is -0.192. The Morgan fingerprint density at radius 3 is 2.24 bits per heavy atom. The average molecular weight is 519 g/mol. The average Bonchev–Trinajstić information content (AvgIpc) is 3.29. The largest absolute Gasteiger partial charge is 0.490 e. The Bertz CT molecular complexity index is 1080. The molecule has 3 rings (SSSR count). The molecule has 6 nitrogen and oxygen atoms in total. The normalized spacial score (nSPS) is 14.6. The van der Waals surface area contributed by atoms with Crippen molar-refractivity contribution >= 4 is 23.3 Å². The number of rotatable bonds is 9. The molecule has 200 valence electrons. The Morgan fingerprint density at radius 1 is 1.05 bits per heavy atom. The van der Waals surface area contributed by atoms with Crippen LogP contribution in [0.25, 0.3) is 0 Å². The number of amides is 1. The van der Waals surface area contributed by atoms with Gasteiger partial charge in [-0.3, -0.25) is 9.59 Å². The number of carbonyl (C=O) groups is 3. The number of alkyl halides is 3. The van der Waals surface area contributed by atoms with E-state index in [0.29, 0.717) is 13.0 Å². The summed E-state index contributed by atoms with van der Waals surface area (Å²) in [6.07, 6.45) is 1.40. The van der Waals surface area contributed by atoms with Crippen molar-refractivity contribution in [3.8, 4) is 0 Å². The van der Waals surface area contributed by atoms with Crippen LogP contribution in [0.2, 0.25) is 0 Å². The number of allylic oxidation sites excluding steroid dienone is 1. The molecule has 1 aliphatic rings. The standard InChI is InChI=1S/C26H32N2O2.C2HF3O2/c1-19(2)26(27)24(29)18-21(13-12-20-8-4-3-5-9-20)14-15-25(30)28-17-16-22-10-6-7-11-23(22)28;3-2(4,5)1(6)7/h3-11,14-15,19,21,26H,12-13,16-18,27H2,1-2H3;(H,6,7)/b15-14+;/t21-,26-;/m0./s1. The Morgan fingerprint density at radius 2 is 1.65 bits per heavy atom. The number of carboxylic acid groups (broad SMARTS) is 1. The number of halogens is 3. The highest BCUT2D eigenvalue weighted by atomic mass is 19.4. The zero-order valence-electron chi connectivity index (χ0n) is 20.9. The minimum absolute atomic E-state index is 0.00990. The summed E-state index contributed by atoms with van der Waals surface area (Å²) >= 11 is 0. The van der Waals surface area contributed by atoms with E-state index in [1.165, 1.54) is 11.1 Å². The van der Waals surface area contributed by atoms with Crippen LogP contribution in [0.1, 0.15) is 37.8 Å². The molecule has 0 spiro atoms. The molecule has 2 atom stereocenters. The first-order chi connectivity index (χ1) is 17.4. The number of hydrogen-bond donors (Lipinski definition) is 2.